The quantitative estimate of drug-likeness (QED) is 0.246. The molecule has 1 rings (SSSR count). The summed E-state index contributed by atoms with van der Waals surface area (Å²) in [4.78, 5) is 38.7. The molecule has 1 heterocycles. The van der Waals surface area contributed by atoms with Gasteiger partial charge in [0.2, 0.25) is 0 Å². The highest BCUT2D eigenvalue weighted by Crippen LogP contribution is 2.12. The van der Waals surface area contributed by atoms with Crippen molar-refractivity contribution in [3.8, 4) is 12.3 Å². The van der Waals surface area contributed by atoms with Gasteiger partial charge in [0.25, 0.3) is 11.8 Å². The van der Waals surface area contributed by atoms with Crippen LogP contribution in [0.15, 0.2) is 0 Å². The Bertz CT molecular complexity index is 460. The van der Waals surface area contributed by atoms with E-state index < -0.39 is 17.8 Å². The number of nitrogens with zero attached hydrogens (tertiary/aromatic N) is 1. The minimum absolute atomic E-state index is 0.0508. The van der Waals surface area contributed by atoms with Gasteiger partial charge in [-0.1, -0.05) is 5.92 Å². The Balaban J connectivity index is 1.85. The van der Waals surface area contributed by atoms with Crippen LogP contribution in [0.2, 0.25) is 0 Å². The van der Waals surface area contributed by atoms with Crippen molar-refractivity contribution in [3.63, 3.8) is 0 Å². The molecule has 0 aliphatic carbocycles. The number of rotatable bonds is 14. The summed E-state index contributed by atoms with van der Waals surface area (Å²) in [5.74, 6) is 0.785. The van der Waals surface area contributed by atoms with E-state index in [4.69, 9.17) is 25.5 Å². The first-order chi connectivity index (χ1) is 12.1. The average Bonchev–Trinajstić information content (AvgIpc) is 2.91. The van der Waals surface area contributed by atoms with Crippen molar-refractivity contribution in [1.82, 2.24) is 10.4 Å². The Kier molecular flexibility index (Phi) is 11.2. The molecule has 0 spiro atoms. The van der Waals surface area contributed by atoms with Gasteiger partial charge in [0.15, 0.2) is 0 Å². The fraction of sp³-hybridized carbons (Fsp3) is 0.688. The molecule has 2 amide bonds. The van der Waals surface area contributed by atoms with Gasteiger partial charge in [0, 0.05) is 19.4 Å². The summed E-state index contributed by atoms with van der Waals surface area (Å²) in [5, 5.41) is 3.52. The molecule has 9 nitrogen and oxygen atoms in total. The van der Waals surface area contributed by atoms with E-state index in [1.807, 2.05) is 0 Å². The summed E-state index contributed by atoms with van der Waals surface area (Å²) in [7, 11) is 0. The highest BCUT2D eigenvalue weighted by atomic mass is 16.7. The van der Waals surface area contributed by atoms with Crippen molar-refractivity contribution in [2.24, 2.45) is 0 Å². The summed E-state index contributed by atoms with van der Waals surface area (Å²) in [5.41, 5.74) is 0. The third-order valence-corrected chi connectivity index (χ3v) is 3.04. The number of hydrogen-bond acceptors (Lipinski definition) is 8. The maximum absolute atomic E-state index is 11.5. The van der Waals surface area contributed by atoms with E-state index in [9.17, 15) is 14.4 Å². The van der Waals surface area contributed by atoms with Gasteiger partial charge in [0.05, 0.1) is 52.6 Å². The molecule has 140 valence electrons. The SMILES string of the molecule is C#CCNCCOCCOCCOCCC(=O)ON1C(=O)CCC1=O. The summed E-state index contributed by atoms with van der Waals surface area (Å²) in [6.07, 6.45) is 5.18. The number of terminal acetylenes is 1. The molecular formula is C16H24N2O7. The Morgan fingerprint density at radius 2 is 1.56 bits per heavy atom. The predicted molar refractivity (Wildman–Crippen MR) is 86.0 cm³/mol. The third-order valence-electron chi connectivity index (χ3n) is 3.04. The zero-order valence-corrected chi connectivity index (χ0v) is 14.2. The molecule has 1 aliphatic rings. The molecule has 1 aliphatic heterocycles. The second-order valence-electron chi connectivity index (χ2n) is 5.01. The summed E-state index contributed by atoms with van der Waals surface area (Å²) < 4.78 is 15.8. The molecule has 1 N–H and O–H groups in total. The van der Waals surface area contributed by atoms with Crippen LogP contribution in [-0.2, 0) is 33.4 Å². The highest BCUT2D eigenvalue weighted by molar-refractivity contribution is 6.01. The smallest absolute Gasteiger partial charge is 0.335 e. The lowest BCUT2D eigenvalue weighted by Crippen LogP contribution is -2.32. The monoisotopic (exact) mass is 356 g/mol. The van der Waals surface area contributed by atoms with Crippen molar-refractivity contribution in [3.05, 3.63) is 0 Å². The fourth-order valence-corrected chi connectivity index (χ4v) is 1.81. The molecule has 0 saturated carbocycles. The molecule has 0 unspecified atom stereocenters. The van der Waals surface area contributed by atoms with Gasteiger partial charge in [0.1, 0.15) is 0 Å². The van der Waals surface area contributed by atoms with Crippen LogP contribution in [0.3, 0.4) is 0 Å². The molecule has 25 heavy (non-hydrogen) atoms. The maximum Gasteiger partial charge on any atom is 0.335 e. The molecule has 9 heteroatoms. The van der Waals surface area contributed by atoms with E-state index >= 15 is 0 Å². The summed E-state index contributed by atoms with van der Waals surface area (Å²) >= 11 is 0. The Morgan fingerprint density at radius 1 is 1.00 bits per heavy atom. The van der Waals surface area contributed by atoms with Crippen LogP contribution in [0.4, 0.5) is 0 Å². The molecule has 0 atom stereocenters. The standard InChI is InChI=1S/C16H24N2O7/c1-2-6-17-7-9-23-11-13-24-12-10-22-8-5-16(21)25-18-14(19)3-4-15(18)20/h1,17H,3-13H2. The van der Waals surface area contributed by atoms with Crippen LogP contribution in [-0.4, -0.2) is 75.6 Å². The predicted octanol–water partition coefficient (Wildman–Crippen LogP) is -0.744. The van der Waals surface area contributed by atoms with Crippen LogP contribution >= 0.6 is 0 Å². The molecular weight excluding hydrogens is 332 g/mol. The molecule has 0 aromatic rings. The van der Waals surface area contributed by atoms with E-state index in [-0.39, 0.29) is 25.9 Å². The van der Waals surface area contributed by atoms with Crippen LogP contribution in [0.1, 0.15) is 19.3 Å². The van der Waals surface area contributed by atoms with Crippen molar-refractivity contribution < 1.29 is 33.4 Å². The lowest BCUT2D eigenvalue weighted by Gasteiger charge is -2.12. The minimum atomic E-state index is -0.684. The van der Waals surface area contributed by atoms with Gasteiger partial charge in [-0.05, 0) is 0 Å². The zero-order chi connectivity index (χ0) is 18.3. The van der Waals surface area contributed by atoms with E-state index in [0.29, 0.717) is 51.2 Å². The van der Waals surface area contributed by atoms with Crippen LogP contribution in [0, 0.1) is 12.3 Å². The summed E-state index contributed by atoms with van der Waals surface area (Å²) in [6, 6.07) is 0. The average molecular weight is 356 g/mol. The zero-order valence-electron chi connectivity index (χ0n) is 14.2. The lowest BCUT2D eigenvalue weighted by atomic mass is 10.4. The number of nitrogens with one attached hydrogen (secondary N) is 1. The van der Waals surface area contributed by atoms with E-state index in [1.54, 1.807) is 0 Å². The van der Waals surface area contributed by atoms with Crippen molar-refractivity contribution >= 4 is 17.8 Å². The van der Waals surface area contributed by atoms with Crippen molar-refractivity contribution in [2.45, 2.75) is 19.3 Å². The lowest BCUT2D eigenvalue weighted by molar-refractivity contribution is -0.198. The molecule has 0 bridgehead atoms. The van der Waals surface area contributed by atoms with Crippen molar-refractivity contribution in [1.29, 1.82) is 0 Å². The van der Waals surface area contributed by atoms with E-state index in [2.05, 4.69) is 11.2 Å². The number of imide groups is 1. The molecule has 0 aromatic carbocycles. The fourth-order valence-electron chi connectivity index (χ4n) is 1.81. The largest absolute Gasteiger partial charge is 0.378 e. The number of hydroxylamine groups is 2. The number of ether oxygens (including phenoxy) is 3. The summed E-state index contributed by atoms with van der Waals surface area (Å²) in [6.45, 7) is 3.51. The number of hydrogen-bond donors (Lipinski definition) is 1. The molecule has 1 fully saturated rings. The topological polar surface area (TPSA) is 103 Å². The number of carbonyl (C=O) groups excluding carboxylic acids is 3. The number of carbonyl (C=O) groups is 3. The van der Waals surface area contributed by atoms with E-state index in [0.717, 1.165) is 0 Å². The minimum Gasteiger partial charge on any atom is -0.378 e. The van der Waals surface area contributed by atoms with Crippen LogP contribution in [0.25, 0.3) is 0 Å². The Labute approximate surface area is 146 Å². The van der Waals surface area contributed by atoms with Gasteiger partial charge in [-0.25, -0.2) is 4.79 Å². The second kappa shape index (κ2) is 13.3. The first-order valence-electron chi connectivity index (χ1n) is 8.09. The van der Waals surface area contributed by atoms with Gasteiger partial charge >= 0.3 is 5.97 Å². The van der Waals surface area contributed by atoms with Crippen LogP contribution in [0.5, 0.6) is 0 Å². The van der Waals surface area contributed by atoms with Gasteiger partial charge in [-0.15, -0.1) is 11.5 Å². The van der Waals surface area contributed by atoms with Gasteiger partial charge in [-0.2, -0.15) is 0 Å². The molecule has 0 radical (unpaired) electrons. The van der Waals surface area contributed by atoms with Gasteiger partial charge < -0.3 is 24.4 Å². The number of amides is 2. The highest BCUT2D eigenvalue weighted by Gasteiger charge is 2.32. The Hall–Kier alpha value is -1.99. The van der Waals surface area contributed by atoms with Gasteiger partial charge in [-0.3, -0.25) is 9.59 Å². The first kappa shape index (κ1) is 21.1. The normalized spacial score (nSPS) is 14.0. The van der Waals surface area contributed by atoms with Crippen LogP contribution < -0.4 is 5.32 Å². The van der Waals surface area contributed by atoms with E-state index in [1.165, 1.54) is 0 Å². The second-order valence-corrected chi connectivity index (χ2v) is 5.01. The molecule has 0 aromatic heterocycles. The maximum atomic E-state index is 11.5. The molecule has 1 saturated heterocycles. The van der Waals surface area contributed by atoms with Crippen molar-refractivity contribution in [2.75, 3.05) is 52.7 Å². The Morgan fingerprint density at radius 3 is 2.16 bits per heavy atom. The third kappa shape index (κ3) is 9.79. The first-order valence-corrected chi connectivity index (χ1v) is 8.09.